The molecular weight excluding hydrogens is 216 g/mol. The predicted molar refractivity (Wildman–Crippen MR) is 65.4 cm³/mol. The summed E-state index contributed by atoms with van der Waals surface area (Å²) in [6.45, 7) is 5.91. The van der Waals surface area contributed by atoms with Crippen molar-refractivity contribution in [3.8, 4) is 0 Å². The minimum atomic E-state index is 0.198. The highest BCUT2D eigenvalue weighted by atomic mass is 16.4. The molecule has 5 nitrogen and oxygen atoms in total. The summed E-state index contributed by atoms with van der Waals surface area (Å²) < 4.78 is 5.56. The van der Waals surface area contributed by atoms with Gasteiger partial charge in [-0.25, -0.2) is 0 Å². The van der Waals surface area contributed by atoms with Crippen LogP contribution in [0.15, 0.2) is 4.42 Å². The van der Waals surface area contributed by atoms with E-state index in [0.29, 0.717) is 11.9 Å². The van der Waals surface area contributed by atoms with Crippen molar-refractivity contribution in [2.45, 2.75) is 58.2 Å². The summed E-state index contributed by atoms with van der Waals surface area (Å²) in [6.07, 6.45) is 4.47. The average molecular weight is 238 g/mol. The molecule has 1 aromatic heterocycles. The topological polar surface area (TPSA) is 68.2 Å². The summed E-state index contributed by atoms with van der Waals surface area (Å²) in [6, 6.07) is 0.643. The van der Waals surface area contributed by atoms with Gasteiger partial charge in [-0.05, 0) is 26.3 Å². The molecule has 0 spiro atoms. The SMILES string of the molecule is CCc1nnc(CN2CCCCC2C(C)N)o1. The van der Waals surface area contributed by atoms with Crippen LogP contribution in [0.3, 0.4) is 0 Å². The molecule has 2 rings (SSSR count). The van der Waals surface area contributed by atoms with Crippen LogP contribution in [0, 0.1) is 0 Å². The van der Waals surface area contributed by atoms with Gasteiger partial charge in [0, 0.05) is 18.5 Å². The maximum Gasteiger partial charge on any atom is 0.230 e. The monoisotopic (exact) mass is 238 g/mol. The lowest BCUT2D eigenvalue weighted by atomic mass is 9.97. The first-order chi connectivity index (χ1) is 8.20. The molecule has 1 aromatic rings. The Morgan fingerprint density at radius 1 is 1.41 bits per heavy atom. The number of nitrogens with zero attached hydrogens (tertiary/aromatic N) is 3. The molecule has 1 fully saturated rings. The van der Waals surface area contributed by atoms with Crippen LogP contribution in [0.5, 0.6) is 0 Å². The van der Waals surface area contributed by atoms with Gasteiger partial charge in [-0.1, -0.05) is 13.3 Å². The molecule has 96 valence electrons. The molecule has 0 amide bonds. The molecule has 0 radical (unpaired) electrons. The molecule has 0 bridgehead atoms. The van der Waals surface area contributed by atoms with E-state index in [9.17, 15) is 0 Å². The van der Waals surface area contributed by atoms with Crippen LogP contribution in [0.1, 0.15) is 44.9 Å². The minimum absolute atomic E-state index is 0.198. The highest BCUT2D eigenvalue weighted by Crippen LogP contribution is 2.21. The van der Waals surface area contributed by atoms with Crippen molar-refractivity contribution >= 4 is 0 Å². The van der Waals surface area contributed by atoms with Crippen molar-refractivity contribution in [1.82, 2.24) is 15.1 Å². The summed E-state index contributed by atoms with van der Waals surface area (Å²) in [5, 5.41) is 8.07. The highest BCUT2D eigenvalue weighted by Gasteiger charge is 2.26. The van der Waals surface area contributed by atoms with E-state index < -0.39 is 0 Å². The third kappa shape index (κ3) is 3.04. The zero-order valence-corrected chi connectivity index (χ0v) is 10.7. The molecule has 1 aliphatic rings. The number of aromatic nitrogens is 2. The van der Waals surface area contributed by atoms with E-state index in [-0.39, 0.29) is 6.04 Å². The predicted octanol–water partition coefficient (Wildman–Crippen LogP) is 1.33. The van der Waals surface area contributed by atoms with Crippen molar-refractivity contribution in [2.75, 3.05) is 6.54 Å². The quantitative estimate of drug-likeness (QED) is 0.857. The lowest BCUT2D eigenvalue weighted by molar-refractivity contribution is 0.111. The molecule has 1 saturated heterocycles. The molecule has 2 N–H and O–H groups in total. The third-order valence-corrected chi connectivity index (χ3v) is 3.42. The van der Waals surface area contributed by atoms with E-state index in [1.54, 1.807) is 0 Å². The number of hydrogen-bond acceptors (Lipinski definition) is 5. The second-order valence-corrected chi connectivity index (χ2v) is 4.84. The molecule has 2 unspecified atom stereocenters. The lowest BCUT2D eigenvalue weighted by Gasteiger charge is -2.37. The Morgan fingerprint density at radius 3 is 2.82 bits per heavy atom. The van der Waals surface area contributed by atoms with Gasteiger partial charge in [0.25, 0.3) is 0 Å². The normalized spacial score (nSPS) is 23.8. The molecular formula is C12H22N4O. The first-order valence-electron chi connectivity index (χ1n) is 6.51. The Bertz CT molecular complexity index is 350. The van der Waals surface area contributed by atoms with Crippen molar-refractivity contribution < 1.29 is 4.42 Å². The number of likely N-dealkylation sites (tertiary alicyclic amines) is 1. The number of piperidine rings is 1. The second kappa shape index (κ2) is 5.60. The Kier molecular flexibility index (Phi) is 4.12. The van der Waals surface area contributed by atoms with Crippen LogP contribution >= 0.6 is 0 Å². The number of nitrogens with two attached hydrogens (primary N) is 1. The summed E-state index contributed by atoms with van der Waals surface area (Å²) in [5.74, 6) is 1.43. The molecule has 0 aliphatic carbocycles. The van der Waals surface area contributed by atoms with Crippen molar-refractivity contribution in [2.24, 2.45) is 5.73 Å². The first-order valence-corrected chi connectivity index (χ1v) is 6.51. The Hall–Kier alpha value is -0.940. The van der Waals surface area contributed by atoms with Gasteiger partial charge in [-0.3, -0.25) is 4.90 Å². The average Bonchev–Trinajstić information content (AvgIpc) is 2.77. The van der Waals surface area contributed by atoms with Gasteiger partial charge in [0.2, 0.25) is 11.8 Å². The largest absolute Gasteiger partial charge is 0.424 e. The standard InChI is InChI=1S/C12H22N4O/c1-3-11-14-15-12(17-11)8-16-7-5-4-6-10(16)9(2)13/h9-10H,3-8,13H2,1-2H3. The third-order valence-electron chi connectivity index (χ3n) is 3.42. The van der Waals surface area contributed by atoms with Crippen molar-refractivity contribution in [3.63, 3.8) is 0 Å². The zero-order chi connectivity index (χ0) is 12.3. The zero-order valence-electron chi connectivity index (χ0n) is 10.7. The van der Waals surface area contributed by atoms with Gasteiger partial charge < -0.3 is 10.2 Å². The van der Waals surface area contributed by atoms with E-state index in [0.717, 1.165) is 25.4 Å². The second-order valence-electron chi connectivity index (χ2n) is 4.84. The molecule has 0 saturated carbocycles. The summed E-state index contributed by atoms with van der Waals surface area (Å²) >= 11 is 0. The van der Waals surface area contributed by atoms with Gasteiger partial charge in [-0.2, -0.15) is 0 Å². The maximum absolute atomic E-state index is 6.03. The fourth-order valence-corrected chi connectivity index (χ4v) is 2.48. The van der Waals surface area contributed by atoms with Gasteiger partial charge in [0.15, 0.2) is 0 Å². The molecule has 17 heavy (non-hydrogen) atoms. The van der Waals surface area contributed by atoms with Crippen LogP contribution in [0.4, 0.5) is 0 Å². The van der Waals surface area contributed by atoms with Crippen molar-refractivity contribution in [3.05, 3.63) is 11.8 Å². The van der Waals surface area contributed by atoms with E-state index >= 15 is 0 Å². The van der Waals surface area contributed by atoms with Crippen LogP contribution in [-0.2, 0) is 13.0 Å². The van der Waals surface area contributed by atoms with Gasteiger partial charge in [-0.15, -0.1) is 10.2 Å². The maximum atomic E-state index is 6.03. The fraction of sp³-hybridized carbons (Fsp3) is 0.833. The van der Waals surface area contributed by atoms with Crippen LogP contribution in [0.25, 0.3) is 0 Å². The van der Waals surface area contributed by atoms with E-state index in [2.05, 4.69) is 22.0 Å². The molecule has 2 heterocycles. The van der Waals surface area contributed by atoms with Crippen LogP contribution in [0.2, 0.25) is 0 Å². The van der Waals surface area contributed by atoms with E-state index in [1.165, 1.54) is 19.3 Å². The number of aryl methyl sites for hydroxylation is 1. The molecule has 5 heteroatoms. The molecule has 2 atom stereocenters. The van der Waals surface area contributed by atoms with Gasteiger partial charge >= 0.3 is 0 Å². The number of rotatable bonds is 4. The fourth-order valence-electron chi connectivity index (χ4n) is 2.48. The summed E-state index contributed by atoms with van der Waals surface area (Å²) in [4.78, 5) is 2.38. The Morgan fingerprint density at radius 2 is 2.18 bits per heavy atom. The molecule has 0 aromatic carbocycles. The smallest absolute Gasteiger partial charge is 0.230 e. The van der Waals surface area contributed by atoms with E-state index in [4.69, 9.17) is 10.2 Å². The Labute approximate surface area is 102 Å². The summed E-state index contributed by atoms with van der Waals surface area (Å²) in [7, 11) is 0. The first kappa shape index (κ1) is 12.5. The Balaban J connectivity index is 2.00. The van der Waals surface area contributed by atoms with E-state index in [1.807, 2.05) is 6.92 Å². The molecule has 1 aliphatic heterocycles. The van der Waals surface area contributed by atoms with Crippen molar-refractivity contribution in [1.29, 1.82) is 0 Å². The highest BCUT2D eigenvalue weighted by molar-refractivity contribution is 4.88. The minimum Gasteiger partial charge on any atom is -0.424 e. The lowest BCUT2D eigenvalue weighted by Crippen LogP contribution is -2.48. The summed E-state index contributed by atoms with van der Waals surface area (Å²) in [5.41, 5.74) is 6.03. The number of hydrogen-bond donors (Lipinski definition) is 1. The van der Waals surface area contributed by atoms with Gasteiger partial charge in [0.1, 0.15) is 0 Å². The van der Waals surface area contributed by atoms with Crippen LogP contribution < -0.4 is 5.73 Å². The van der Waals surface area contributed by atoms with Gasteiger partial charge in [0.05, 0.1) is 6.54 Å². The van der Waals surface area contributed by atoms with Crippen LogP contribution in [-0.4, -0.2) is 33.7 Å².